The SMILES string of the molecule is CCC(C)C1C=CC(CCC(C)(C)C)C(OC(C)(C)C)C1. The number of ether oxygens (including phenoxy) is 1. The van der Waals surface area contributed by atoms with Gasteiger partial charge in [-0.3, -0.25) is 0 Å². The molecule has 0 saturated carbocycles. The second-order valence-electron chi connectivity index (χ2n) is 9.20. The maximum atomic E-state index is 6.43. The van der Waals surface area contributed by atoms with Gasteiger partial charge >= 0.3 is 0 Å². The standard InChI is InChI=1S/C20H38O/c1-9-15(2)17-11-10-16(12-13-19(3,4)5)18(14-17)21-20(6,7)8/h10-11,15-18H,9,12-14H2,1-8H3. The molecule has 0 aromatic carbocycles. The molecule has 0 aromatic heterocycles. The molecule has 0 radical (unpaired) electrons. The van der Waals surface area contributed by atoms with Gasteiger partial charge in [0, 0.05) is 5.92 Å². The summed E-state index contributed by atoms with van der Waals surface area (Å²) in [4.78, 5) is 0. The molecule has 0 saturated heterocycles. The van der Waals surface area contributed by atoms with Crippen molar-refractivity contribution in [3.63, 3.8) is 0 Å². The van der Waals surface area contributed by atoms with Gasteiger partial charge in [0.15, 0.2) is 0 Å². The Morgan fingerprint density at radius 1 is 1.10 bits per heavy atom. The number of allylic oxidation sites excluding steroid dienone is 1. The zero-order valence-corrected chi connectivity index (χ0v) is 15.7. The highest BCUT2D eigenvalue weighted by atomic mass is 16.5. The zero-order valence-electron chi connectivity index (χ0n) is 15.7. The lowest BCUT2D eigenvalue weighted by Gasteiger charge is -2.38. The molecule has 0 N–H and O–H groups in total. The largest absolute Gasteiger partial charge is 0.372 e. The van der Waals surface area contributed by atoms with Crippen molar-refractivity contribution >= 4 is 0 Å². The highest BCUT2D eigenvalue weighted by Crippen LogP contribution is 2.37. The van der Waals surface area contributed by atoms with Crippen LogP contribution < -0.4 is 0 Å². The molecule has 4 unspecified atom stereocenters. The molecule has 1 heteroatoms. The van der Waals surface area contributed by atoms with Crippen molar-refractivity contribution in [2.24, 2.45) is 23.2 Å². The zero-order chi connectivity index (χ0) is 16.3. The second kappa shape index (κ2) is 7.31. The molecule has 0 bridgehead atoms. The van der Waals surface area contributed by atoms with E-state index in [1.54, 1.807) is 0 Å². The predicted molar refractivity (Wildman–Crippen MR) is 93.5 cm³/mol. The van der Waals surface area contributed by atoms with E-state index >= 15 is 0 Å². The van der Waals surface area contributed by atoms with E-state index in [9.17, 15) is 0 Å². The van der Waals surface area contributed by atoms with Crippen molar-refractivity contribution in [3.8, 4) is 0 Å². The first kappa shape index (κ1) is 18.7. The van der Waals surface area contributed by atoms with Gasteiger partial charge in [-0.1, -0.05) is 53.2 Å². The van der Waals surface area contributed by atoms with E-state index in [-0.39, 0.29) is 5.60 Å². The van der Waals surface area contributed by atoms with Gasteiger partial charge in [-0.2, -0.15) is 0 Å². The quantitative estimate of drug-likeness (QED) is 0.546. The number of hydrogen-bond donors (Lipinski definition) is 0. The predicted octanol–water partition coefficient (Wildman–Crippen LogP) is 6.23. The van der Waals surface area contributed by atoms with E-state index in [0.29, 0.717) is 23.4 Å². The van der Waals surface area contributed by atoms with Gasteiger partial charge in [0.2, 0.25) is 0 Å². The van der Waals surface area contributed by atoms with Crippen LogP contribution in [0.1, 0.15) is 81.1 Å². The molecule has 0 amide bonds. The molecule has 1 rings (SSSR count). The van der Waals surface area contributed by atoms with Gasteiger partial charge in [0.25, 0.3) is 0 Å². The van der Waals surface area contributed by atoms with Gasteiger partial charge in [0.05, 0.1) is 11.7 Å². The molecule has 1 aliphatic rings. The lowest BCUT2D eigenvalue weighted by molar-refractivity contribution is -0.0914. The van der Waals surface area contributed by atoms with Crippen LogP contribution in [0.15, 0.2) is 12.2 Å². The smallest absolute Gasteiger partial charge is 0.0650 e. The Morgan fingerprint density at radius 2 is 1.71 bits per heavy atom. The Bertz CT molecular complexity index is 329. The van der Waals surface area contributed by atoms with E-state index in [1.807, 2.05) is 0 Å². The van der Waals surface area contributed by atoms with Crippen LogP contribution in [0.25, 0.3) is 0 Å². The van der Waals surface area contributed by atoms with Crippen molar-refractivity contribution < 1.29 is 4.74 Å². The highest BCUT2D eigenvalue weighted by Gasteiger charge is 2.32. The highest BCUT2D eigenvalue weighted by molar-refractivity contribution is 5.04. The van der Waals surface area contributed by atoms with Crippen molar-refractivity contribution in [2.45, 2.75) is 92.8 Å². The molecule has 0 fully saturated rings. The van der Waals surface area contributed by atoms with Crippen LogP contribution in [0.3, 0.4) is 0 Å². The average molecular weight is 295 g/mol. The molecule has 0 aliphatic heterocycles. The molecule has 4 atom stereocenters. The monoisotopic (exact) mass is 294 g/mol. The normalized spacial score (nSPS) is 28.7. The third kappa shape index (κ3) is 7.00. The summed E-state index contributed by atoms with van der Waals surface area (Å²) < 4.78 is 6.43. The van der Waals surface area contributed by atoms with Gasteiger partial charge in [-0.15, -0.1) is 0 Å². The minimum absolute atomic E-state index is 0.0458. The van der Waals surface area contributed by atoms with Crippen LogP contribution in [0.5, 0.6) is 0 Å². The van der Waals surface area contributed by atoms with Crippen molar-refractivity contribution in [3.05, 3.63) is 12.2 Å². The minimum atomic E-state index is -0.0458. The molecule has 0 aromatic rings. The van der Waals surface area contributed by atoms with Crippen LogP contribution in [0, 0.1) is 23.2 Å². The van der Waals surface area contributed by atoms with Gasteiger partial charge < -0.3 is 4.74 Å². The summed E-state index contributed by atoms with van der Waals surface area (Å²) in [6.07, 6.45) is 10.3. The van der Waals surface area contributed by atoms with E-state index in [2.05, 4.69) is 67.5 Å². The van der Waals surface area contributed by atoms with Crippen LogP contribution in [0.2, 0.25) is 0 Å². The Morgan fingerprint density at radius 3 is 2.19 bits per heavy atom. The summed E-state index contributed by atoms with van der Waals surface area (Å²) in [5.74, 6) is 2.04. The molecule has 124 valence electrons. The summed E-state index contributed by atoms with van der Waals surface area (Å²) in [5, 5.41) is 0. The third-order valence-corrected chi connectivity index (χ3v) is 4.69. The van der Waals surface area contributed by atoms with E-state index in [1.165, 1.54) is 25.7 Å². The molecular formula is C20H38O. The fraction of sp³-hybridized carbons (Fsp3) is 0.900. The number of rotatable bonds is 5. The third-order valence-electron chi connectivity index (χ3n) is 4.69. The second-order valence-corrected chi connectivity index (χ2v) is 9.20. The van der Waals surface area contributed by atoms with E-state index in [4.69, 9.17) is 4.74 Å². The first-order valence-corrected chi connectivity index (χ1v) is 8.88. The van der Waals surface area contributed by atoms with Gasteiger partial charge in [0.1, 0.15) is 0 Å². The van der Waals surface area contributed by atoms with Crippen LogP contribution in [0.4, 0.5) is 0 Å². The minimum Gasteiger partial charge on any atom is -0.372 e. The molecule has 1 aliphatic carbocycles. The van der Waals surface area contributed by atoms with Crippen molar-refractivity contribution in [2.75, 3.05) is 0 Å². The Balaban J connectivity index is 2.77. The van der Waals surface area contributed by atoms with Gasteiger partial charge in [-0.25, -0.2) is 0 Å². The first-order valence-electron chi connectivity index (χ1n) is 8.88. The van der Waals surface area contributed by atoms with Crippen molar-refractivity contribution in [1.29, 1.82) is 0 Å². The first-order chi connectivity index (χ1) is 9.52. The summed E-state index contributed by atoms with van der Waals surface area (Å²) in [5.41, 5.74) is 0.365. The maximum absolute atomic E-state index is 6.43. The Labute approximate surface area is 133 Å². The summed E-state index contributed by atoms with van der Waals surface area (Å²) in [7, 11) is 0. The lowest BCUT2D eigenvalue weighted by atomic mass is 9.75. The van der Waals surface area contributed by atoms with Crippen LogP contribution in [-0.4, -0.2) is 11.7 Å². The van der Waals surface area contributed by atoms with Gasteiger partial charge in [-0.05, 0) is 57.3 Å². The topological polar surface area (TPSA) is 9.23 Å². The molecular weight excluding hydrogens is 256 g/mol. The van der Waals surface area contributed by atoms with Crippen LogP contribution in [-0.2, 0) is 4.74 Å². The lowest BCUT2D eigenvalue weighted by Crippen LogP contribution is -2.37. The number of hydrogen-bond acceptors (Lipinski definition) is 1. The Hall–Kier alpha value is -0.300. The molecule has 1 nitrogen and oxygen atoms in total. The average Bonchev–Trinajstić information content (AvgIpc) is 2.33. The Kier molecular flexibility index (Phi) is 6.53. The summed E-state index contributed by atoms with van der Waals surface area (Å²) >= 11 is 0. The van der Waals surface area contributed by atoms with E-state index in [0.717, 1.165) is 5.92 Å². The molecule has 21 heavy (non-hydrogen) atoms. The fourth-order valence-corrected chi connectivity index (χ4v) is 3.13. The maximum Gasteiger partial charge on any atom is 0.0650 e. The van der Waals surface area contributed by atoms with Crippen molar-refractivity contribution in [1.82, 2.24) is 0 Å². The summed E-state index contributed by atoms with van der Waals surface area (Å²) in [6.45, 7) is 18.2. The molecule has 0 heterocycles. The summed E-state index contributed by atoms with van der Waals surface area (Å²) in [6, 6.07) is 0. The van der Waals surface area contributed by atoms with Crippen LogP contribution >= 0.6 is 0 Å². The molecule has 0 spiro atoms. The van der Waals surface area contributed by atoms with E-state index < -0.39 is 0 Å². The fourth-order valence-electron chi connectivity index (χ4n) is 3.13.